The first kappa shape index (κ1) is 9.45. The van der Waals surface area contributed by atoms with Crippen molar-refractivity contribution < 1.29 is 13.2 Å². The van der Waals surface area contributed by atoms with Crippen LogP contribution >= 0.6 is 15.9 Å². The zero-order valence-corrected chi connectivity index (χ0v) is 8.17. The molecule has 74 valence electrons. The van der Waals surface area contributed by atoms with Gasteiger partial charge in [0.15, 0.2) is 0 Å². The molecular weight excluding hydrogens is 263 g/mol. The molecule has 2 heterocycles. The summed E-state index contributed by atoms with van der Waals surface area (Å²) in [5.74, 6) is -0.957. The lowest BCUT2D eigenvalue weighted by atomic mass is 10.5. The zero-order valence-electron chi connectivity index (χ0n) is 6.59. The Labute approximate surface area is 84.7 Å². The van der Waals surface area contributed by atoms with E-state index in [-0.39, 0.29) is 4.60 Å². The van der Waals surface area contributed by atoms with Crippen molar-refractivity contribution in [3.05, 3.63) is 29.0 Å². The fourth-order valence-electron chi connectivity index (χ4n) is 1.10. The summed E-state index contributed by atoms with van der Waals surface area (Å²) in [4.78, 5) is 7.09. The van der Waals surface area contributed by atoms with Gasteiger partial charge in [-0.25, -0.2) is 4.98 Å². The molecule has 2 aromatic rings. The van der Waals surface area contributed by atoms with Gasteiger partial charge >= 0.3 is 6.18 Å². The highest BCUT2D eigenvalue weighted by molar-refractivity contribution is 9.10. The SMILES string of the molecule is FC(F)(F)c1nc(Br)c2cnccn12. The third-order valence-corrected chi connectivity index (χ3v) is 2.24. The second-order valence-electron chi connectivity index (χ2n) is 2.56. The van der Waals surface area contributed by atoms with Crippen LogP contribution < -0.4 is 0 Å². The lowest BCUT2D eigenvalue weighted by Gasteiger charge is -2.03. The standard InChI is InChI=1S/C7H3BrF3N3/c8-5-4-3-12-1-2-14(4)6(13-5)7(9,10)11/h1-3H. The van der Waals surface area contributed by atoms with Crippen molar-refractivity contribution in [2.24, 2.45) is 0 Å². The van der Waals surface area contributed by atoms with E-state index < -0.39 is 12.0 Å². The summed E-state index contributed by atoms with van der Waals surface area (Å²) in [6.07, 6.45) is -0.658. The van der Waals surface area contributed by atoms with E-state index in [0.29, 0.717) is 5.52 Å². The molecule has 0 amide bonds. The number of alkyl halides is 3. The number of hydrogen-bond acceptors (Lipinski definition) is 2. The van der Waals surface area contributed by atoms with E-state index in [2.05, 4.69) is 25.9 Å². The maximum Gasteiger partial charge on any atom is 0.450 e. The first-order valence-corrected chi connectivity index (χ1v) is 4.34. The van der Waals surface area contributed by atoms with E-state index >= 15 is 0 Å². The number of fused-ring (bicyclic) bond motifs is 1. The van der Waals surface area contributed by atoms with E-state index in [4.69, 9.17) is 0 Å². The molecule has 0 aromatic carbocycles. The molecule has 7 heteroatoms. The Bertz CT molecular complexity index is 476. The van der Waals surface area contributed by atoms with E-state index in [1.807, 2.05) is 0 Å². The van der Waals surface area contributed by atoms with Crippen molar-refractivity contribution in [1.29, 1.82) is 0 Å². The lowest BCUT2D eigenvalue weighted by Crippen LogP contribution is -2.10. The van der Waals surface area contributed by atoms with Crippen LogP contribution in [0.3, 0.4) is 0 Å². The Morgan fingerprint density at radius 2 is 2.07 bits per heavy atom. The molecular formula is C7H3BrF3N3. The molecule has 0 unspecified atom stereocenters. The Morgan fingerprint density at radius 1 is 1.36 bits per heavy atom. The van der Waals surface area contributed by atoms with Gasteiger partial charge in [-0.15, -0.1) is 0 Å². The van der Waals surface area contributed by atoms with Gasteiger partial charge in [0, 0.05) is 12.4 Å². The Balaban J connectivity index is 2.80. The first-order chi connectivity index (χ1) is 6.50. The van der Waals surface area contributed by atoms with Crippen molar-refractivity contribution in [2.45, 2.75) is 6.18 Å². The van der Waals surface area contributed by atoms with E-state index in [9.17, 15) is 13.2 Å². The smallest absolute Gasteiger partial charge is 0.292 e. The summed E-state index contributed by atoms with van der Waals surface area (Å²) in [5.41, 5.74) is 0.292. The van der Waals surface area contributed by atoms with Gasteiger partial charge in [0.25, 0.3) is 0 Å². The summed E-state index contributed by atoms with van der Waals surface area (Å²) in [7, 11) is 0. The van der Waals surface area contributed by atoms with Crippen molar-refractivity contribution >= 4 is 21.4 Å². The minimum Gasteiger partial charge on any atom is -0.292 e. The third-order valence-electron chi connectivity index (χ3n) is 1.66. The second kappa shape index (κ2) is 2.94. The molecule has 2 aromatic heterocycles. The molecule has 14 heavy (non-hydrogen) atoms. The van der Waals surface area contributed by atoms with E-state index in [0.717, 1.165) is 4.40 Å². The number of aromatic nitrogens is 3. The van der Waals surface area contributed by atoms with Crippen molar-refractivity contribution in [1.82, 2.24) is 14.4 Å². The number of halogens is 4. The maximum atomic E-state index is 12.4. The average molecular weight is 266 g/mol. The van der Waals surface area contributed by atoms with Gasteiger partial charge in [0.05, 0.1) is 11.7 Å². The molecule has 0 aliphatic rings. The first-order valence-electron chi connectivity index (χ1n) is 3.55. The predicted octanol–water partition coefficient (Wildman–Crippen LogP) is 2.51. The Morgan fingerprint density at radius 3 is 2.71 bits per heavy atom. The van der Waals surface area contributed by atoms with Gasteiger partial charge < -0.3 is 0 Å². The van der Waals surface area contributed by atoms with Gasteiger partial charge in [-0.1, -0.05) is 0 Å². The van der Waals surface area contributed by atoms with Crippen LogP contribution in [0.5, 0.6) is 0 Å². The summed E-state index contributed by atoms with van der Waals surface area (Å²) in [5, 5.41) is 0. The van der Waals surface area contributed by atoms with Crippen LogP contribution in [0, 0.1) is 0 Å². The number of rotatable bonds is 0. The second-order valence-corrected chi connectivity index (χ2v) is 3.31. The van der Waals surface area contributed by atoms with Gasteiger partial charge in [-0.2, -0.15) is 13.2 Å². The summed E-state index contributed by atoms with van der Waals surface area (Å²) < 4.78 is 38.3. The van der Waals surface area contributed by atoms with Crippen molar-refractivity contribution in [3.8, 4) is 0 Å². The van der Waals surface area contributed by atoms with Crippen LogP contribution in [0.1, 0.15) is 5.82 Å². The van der Waals surface area contributed by atoms with Gasteiger partial charge in [0.1, 0.15) is 4.60 Å². The Kier molecular flexibility index (Phi) is 1.99. The van der Waals surface area contributed by atoms with Crippen LogP contribution in [-0.2, 0) is 6.18 Å². The van der Waals surface area contributed by atoms with Gasteiger partial charge in [0.2, 0.25) is 5.82 Å². The van der Waals surface area contributed by atoms with Crippen LogP contribution in [0.25, 0.3) is 5.52 Å². The average Bonchev–Trinajstić information content (AvgIpc) is 2.44. The molecule has 0 bridgehead atoms. The summed E-state index contributed by atoms with van der Waals surface area (Å²) >= 11 is 2.94. The molecule has 0 aliphatic carbocycles. The fourth-order valence-corrected chi connectivity index (χ4v) is 1.56. The minimum atomic E-state index is -4.46. The number of imidazole rings is 1. The third kappa shape index (κ3) is 1.37. The molecule has 0 radical (unpaired) electrons. The van der Waals surface area contributed by atoms with Crippen LogP contribution in [-0.4, -0.2) is 14.4 Å². The summed E-state index contributed by atoms with van der Waals surface area (Å²) in [6, 6.07) is 0. The van der Waals surface area contributed by atoms with E-state index in [1.165, 1.54) is 18.6 Å². The molecule has 0 N–H and O–H groups in total. The monoisotopic (exact) mass is 265 g/mol. The van der Waals surface area contributed by atoms with Gasteiger partial charge in [-0.05, 0) is 15.9 Å². The maximum absolute atomic E-state index is 12.4. The lowest BCUT2D eigenvalue weighted by molar-refractivity contribution is -0.145. The summed E-state index contributed by atoms with van der Waals surface area (Å²) in [6.45, 7) is 0. The topological polar surface area (TPSA) is 30.2 Å². The fraction of sp³-hybridized carbons (Fsp3) is 0.143. The molecule has 3 nitrogen and oxygen atoms in total. The van der Waals surface area contributed by atoms with Crippen molar-refractivity contribution in [3.63, 3.8) is 0 Å². The van der Waals surface area contributed by atoms with Gasteiger partial charge in [-0.3, -0.25) is 9.38 Å². The molecule has 0 aliphatic heterocycles. The normalized spacial score (nSPS) is 12.3. The highest BCUT2D eigenvalue weighted by Gasteiger charge is 2.36. The largest absolute Gasteiger partial charge is 0.450 e. The molecule has 0 saturated carbocycles. The quantitative estimate of drug-likeness (QED) is 0.733. The molecule has 0 saturated heterocycles. The number of hydrogen-bond donors (Lipinski definition) is 0. The highest BCUT2D eigenvalue weighted by Crippen LogP contribution is 2.31. The molecule has 0 fully saturated rings. The molecule has 2 rings (SSSR count). The van der Waals surface area contributed by atoms with E-state index in [1.54, 1.807) is 0 Å². The predicted molar refractivity (Wildman–Crippen MR) is 45.7 cm³/mol. The zero-order chi connectivity index (χ0) is 10.3. The van der Waals surface area contributed by atoms with Crippen LogP contribution in [0.15, 0.2) is 23.2 Å². The molecule has 0 spiro atoms. The van der Waals surface area contributed by atoms with Crippen molar-refractivity contribution in [2.75, 3.05) is 0 Å². The van der Waals surface area contributed by atoms with Crippen LogP contribution in [0.2, 0.25) is 0 Å². The highest BCUT2D eigenvalue weighted by atomic mass is 79.9. The molecule has 0 atom stereocenters. The minimum absolute atomic E-state index is 0.137. The number of nitrogens with zero attached hydrogens (tertiary/aromatic N) is 3. The Hall–Kier alpha value is -1.11. The van der Waals surface area contributed by atoms with Crippen LogP contribution in [0.4, 0.5) is 13.2 Å².